The summed E-state index contributed by atoms with van der Waals surface area (Å²) in [6.45, 7) is 24.7. The van der Waals surface area contributed by atoms with Crippen LogP contribution in [-0.2, 0) is 4.74 Å². The molecule has 0 bridgehead atoms. The first-order valence-electron chi connectivity index (χ1n) is 10.4. The van der Waals surface area contributed by atoms with E-state index < -0.39 is 0 Å². The van der Waals surface area contributed by atoms with Crippen molar-refractivity contribution in [2.24, 2.45) is 11.8 Å². The lowest BCUT2D eigenvalue weighted by Gasteiger charge is -2.11. The Morgan fingerprint density at radius 1 is 0.815 bits per heavy atom. The van der Waals surface area contributed by atoms with Crippen molar-refractivity contribution in [1.29, 1.82) is 0 Å². The summed E-state index contributed by atoms with van der Waals surface area (Å²) in [5.41, 5.74) is 0. The van der Waals surface area contributed by atoms with E-state index in [1.807, 2.05) is 45.9 Å². The van der Waals surface area contributed by atoms with Crippen LogP contribution in [0.2, 0.25) is 0 Å². The van der Waals surface area contributed by atoms with E-state index in [1.54, 1.807) is 0 Å². The number of hydrogen-bond acceptors (Lipinski definition) is 3. The van der Waals surface area contributed by atoms with Crippen LogP contribution < -0.4 is 0 Å². The van der Waals surface area contributed by atoms with Crippen molar-refractivity contribution in [1.82, 2.24) is 0 Å². The molecule has 3 nitrogen and oxygen atoms in total. The highest BCUT2D eigenvalue weighted by molar-refractivity contribution is 4.73. The Balaban J connectivity index is -0.0000000646. The number of allylic oxidation sites excluding steroid dienone is 3. The van der Waals surface area contributed by atoms with Crippen molar-refractivity contribution in [2.45, 2.75) is 105 Å². The van der Waals surface area contributed by atoms with E-state index >= 15 is 0 Å². The van der Waals surface area contributed by atoms with Gasteiger partial charge in [-0.05, 0) is 71.6 Å². The average Bonchev–Trinajstić information content (AvgIpc) is 3.30. The number of aliphatic hydroxyl groups is 2. The summed E-state index contributed by atoms with van der Waals surface area (Å²) in [6.07, 6.45) is 11.6. The van der Waals surface area contributed by atoms with Crippen molar-refractivity contribution in [3.8, 4) is 0 Å². The van der Waals surface area contributed by atoms with Crippen molar-refractivity contribution >= 4 is 0 Å². The number of epoxide rings is 1. The zero-order valence-electron chi connectivity index (χ0n) is 19.2. The molecule has 27 heavy (non-hydrogen) atoms. The lowest BCUT2D eigenvalue weighted by Crippen LogP contribution is -2.12. The Kier molecular flexibility index (Phi) is 24.4. The van der Waals surface area contributed by atoms with Crippen molar-refractivity contribution in [3.05, 3.63) is 38.0 Å². The second kappa shape index (κ2) is 21.4. The Bertz CT molecular complexity index is 323. The minimum Gasteiger partial charge on any atom is -0.393 e. The van der Waals surface area contributed by atoms with E-state index in [0.29, 0.717) is 24.0 Å². The lowest BCUT2D eigenvalue weighted by atomic mass is 10.0. The highest BCUT2D eigenvalue weighted by Crippen LogP contribution is 2.18. The van der Waals surface area contributed by atoms with Crippen LogP contribution in [-0.4, -0.2) is 34.6 Å². The van der Waals surface area contributed by atoms with E-state index in [0.717, 1.165) is 32.1 Å². The Hall–Kier alpha value is -0.900. The molecule has 0 spiro atoms. The van der Waals surface area contributed by atoms with Crippen molar-refractivity contribution in [3.63, 3.8) is 0 Å². The van der Waals surface area contributed by atoms with Gasteiger partial charge in [0, 0.05) is 4.28 Å². The molecule has 1 fully saturated rings. The van der Waals surface area contributed by atoms with Gasteiger partial charge < -0.3 is 14.9 Å². The van der Waals surface area contributed by atoms with Crippen LogP contribution in [0.15, 0.2) is 38.0 Å². The summed E-state index contributed by atoms with van der Waals surface area (Å²) < 4.78 is 4.92. The van der Waals surface area contributed by atoms with Crippen LogP contribution in [0, 0.1) is 11.8 Å². The molecular weight excluding hydrogens is 336 g/mol. The van der Waals surface area contributed by atoms with E-state index in [2.05, 4.69) is 40.5 Å². The number of hydrogen-bond donors (Lipinski definition) is 2. The van der Waals surface area contributed by atoms with E-state index in [-0.39, 0.29) is 16.5 Å². The predicted molar refractivity (Wildman–Crippen MR) is 127 cm³/mol. The molecule has 3 heteroatoms. The quantitative estimate of drug-likeness (QED) is 0.324. The molecule has 0 aromatic heterocycles. The van der Waals surface area contributed by atoms with Gasteiger partial charge in [0.25, 0.3) is 0 Å². The van der Waals surface area contributed by atoms with Gasteiger partial charge in [0.1, 0.15) is 0 Å². The molecule has 2 N–H and O–H groups in total. The Labute approximate surface area is 174 Å². The minimum atomic E-state index is -0.176. The second-order valence-electron chi connectivity index (χ2n) is 7.41. The van der Waals surface area contributed by atoms with Crippen molar-refractivity contribution in [2.75, 3.05) is 0 Å². The van der Waals surface area contributed by atoms with E-state index in [9.17, 15) is 0 Å². The van der Waals surface area contributed by atoms with Gasteiger partial charge in [-0.3, -0.25) is 0 Å². The van der Waals surface area contributed by atoms with Gasteiger partial charge in [0.15, 0.2) is 0 Å². The van der Waals surface area contributed by atoms with Crippen LogP contribution in [0.5, 0.6) is 0 Å². The number of ether oxygens (including phenoxy) is 1. The highest BCUT2D eigenvalue weighted by atomic mass is 16.6. The van der Waals surface area contributed by atoms with Gasteiger partial charge in [-0.25, -0.2) is 0 Å². The topological polar surface area (TPSA) is 53.0 Å². The maximum Gasteiger partial charge on any atom is 0.0811 e. The molecule has 1 heterocycles. The fraction of sp³-hybridized carbons (Fsp3) is 0.750. The largest absolute Gasteiger partial charge is 0.393 e. The molecule has 2 unspecified atom stereocenters. The first-order chi connectivity index (χ1) is 12.6. The molecule has 0 radical (unpaired) electrons. The third-order valence-corrected chi connectivity index (χ3v) is 4.60. The van der Waals surface area contributed by atoms with Crippen LogP contribution in [0.3, 0.4) is 0 Å². The zero-order valence-corrected chi connectivity index (χ0v) is 19.2. The molecule has 0 aromatic carbocycles. The van der Waals surface area contributed by atoms with Gasteiger partial charge in [-0.2, -0.15) is 0 Å². The molecule has 0 aromatic rings. The van der Waals surface area contributed by atoms with Gasteiger partial charge >= 0.3 is 0 Å². The lowest BCUT2D eigenvalue weighted by molar-refractivity contribution is 0.130. The minimum absolute atomic E-state index is 0. The van der Waals surface area contributed by atoms with Crippen LogP contribution in [0.1, 0.15) is 84.9 Å². The summed E-state index contributed by atoms with van der Waals surface area (Å²) in [7, 11) is 0. The van der Waals surface area contributed by atoms with Gasteiger partial charge in [0.2, 0.25) is 0 Å². The summed E-state index contributed by atoms with van der Waals surface area (Å²) in [6, 6.07) is 0. The maximum absolute atomic E-state index is 9.01. The SMILES string of the molecule is C=CCC.C=CCC[C@H](C)[C@@H](C)O.C=CCC[C@H](C)[C@@H](C)O.CC1OC1C.[3HH].[3HH].[3HH]. The molecule has 0 saturated carbocycles. The monoisotopic (exact) mass is 396 g/mol. The molecule has 1 aliphatic heterocycles. The predicted octanol–water partition coefficient (Wildman–Crippen LogP) is 7.05. The highest BCUT2D eigenvalue weighted by Gasteiger charge is 2.27. The fourth-order valence-electron chi connectivity index (χ4n) is 1.54. The zero-order chi connectivity index (χ0) is 21.8. The number of aliphatic hydroxyl groups excluding tert-OH is 2. The smallest absolute Gasteiger partial charge is 0.0811 e. The first-order valence-corrected chi connectivity index (χ1v) is 10.4. The van der Waals surface area contributed by atoms with Gasteiger partial charge in [-0.1, -0.05) is 39.0 Å². The molecule has 1 saturated heterocycles. The van der Waals surface area contributed by atoms with Crippen LogP contribution in [0.4, 0.5) is 0 Å². The normalized spacial score (nSPS) is 21.2. The maximum atomic E-state index is 9.01. The number of rotatable bonds is 9. The molecule has 1 rings (SSSR count). The van der Waals surface area contributed by atoms with E-state index in [4.69, 9.17) is 14.9 Å². The van der Waals surface area contributed by atoms with Crippen molar-refractivity contribution < 1.29 is 19.2 Å². The molecule has 6 atom stereocenters. The third-order valence-electron chi connectivity index (χ3n) is 4.60. The molecule has 0 aliphatic carbocycles. The summed E-state index contributed by atoms with van der Waals surface area (Å²) in [5.74, 6) is 0.811. The van der Waals surface area contributed by atoms with Crippen LogP contribution >= 0.6 is 0 Å². The van der Waals surface area contributed by atoms with Gasteiger partial charge in [-0.15, -0.1) is 19.7 Å². The van der Waals surface area contributed by atoms with Gasteiger partial charge in [0.05, 0.1) is 24.4 Å². The average molecular weight is 397 g/mol. The molecule has 0 amide bonds. The Morgan fingerprint density at radius 3 is 1.19 bits per heavy atom. The standard InChI is InChI=1S/2C8H16O.C4H8O.C4H8.3H2/c2*1-4-5-6-7(2)8(3)9;1-3-4(2)5-3;1-3-4-2;;;/h2*4,7-9H,1,5-6H2,2-3H3;3-4H,1-2H3;3H,1,4H2,2H3;3*1H/t2*7-,8+;;;;;/m00...../s1/i;;;;3*1+2. The first kappa shape index (κ1) is 30.8. The second-order valence-corrected chi connectivity index (χ2v) is 7.41. The van der Waals surface area contributed by atoms with E-state index in [1.165, 1.54) is 0 Å². The third kappa shape index (κ3) is 27.4. The Morgan fingerprint density at radius 2 is 1.07 bits per heavy atom. The summed E-state index contributed by atoms with van der Waals surface area (Å²) in [4.78, 5) is 0. The summed E-state index contributed by atoms with van der Waals surface area (Å²) >= 11 is 0. The summed E-state index contributed by atoms with van der Waals surface area (Å²) in [5, 5.41) is 18.0. The van der Waals surface area contributed by atoms with Crippen LogP contribution in [0.25, 0.3) is 0 Å². The molecule has 1 aliphatic rings. The fourth-order valence-corrected chi connectivity index (χ4v) is 1.54. The molecular formula is C24H54O3. The molecule has 168 valence electrons.